The number of methoxy groups -OCH3 is 1. The second kappa shape index (κ2) is 7.00. The van der Waals surface area contributed by atoms with E-state index in [-0.39, 0.29) is 12.4 Å². The third-order valence-corrected chi connectivity index (χ3v) is 3.37. The van der Waals surface area contributed by atoms with Gasteiger partial charge in [0.05, 0.1) is 19.3 Å². The van der Waals surface area contributed by atoms with Gasteiger partial charge in [0.1, 0.15) is 11.6 Å². The molecule has 0 unspecified atom stereocenters. The van der Waals surface area contributed by atoms with Crippen LogP contribution in [0.5, 0.6) is 5.75 Å². The lowest BCUT2D eigenvalue weighted by atomic mass is 10.2. The maximum atomic E-state index is 6.06. The Hall–Kier alpha value is -2.46. The molecule has 114 valence electrons. The molecule has 0 aliphatic carbocycles. The van der Waals surface area contributed by atoms with E-state index in [9.17, 15) is 0 Å². The van der Waals surface area contributed by atoms with Crippen LogP contribution in [0.15, 0.2) is 59.6 Å². The Morgan fingerprint density at radius 1 is 1.14 bits per heavy atom. The topological polar surface area (TPSA) is 63.4 Å². The van der Waals surface area contributed by atoms with Crippen LogP contribution < -0.4 is 10.5 Å². The van der Waals surface area contributed by atoms with Gasteiger partial charge >= 0.3 is 0 Å². The van der Waals surface area contributed by atoms with Gasteiger partial charge in [-0.2, -0.15) is 0 Å². The van der Waals surface area contributed by atoms with Gasteiger partial charge in [0.15, 0.2) is 0 Å². The summed E-state index contributed by atoms with van der Waals surface area (Å²) < 4.78 is 5.20. The smallest absolute Gasteiger partial charge is 0.142 e. The summed E-state index contributed by atoms with van der Waals surface area (Å²) >= 11 is 0. The van der Waals surface area contributed by atoms with Crippen LogP contribution in [0.3, 0.4) is 0 Å². The van der Waals surface area contributed by atoms with Gasteiger partial charge in [-0.05, 0) is 29.8 Å². The first-order chi connectivity index (χ1) is 10.3. The Balaban J connectivity index is 0.00000176. The minimum atomic E-state index is 0. The molecule has 0 amide bonds. The van der Waals surface area contributed by atoms with Crippen molar-refractivity contribution in [2.75, 3.05) is 7.11 Å². The molecule has 4 nitrogen and oxygen atoms in total. The number of rotatable bonds is 4. The lowest BCUT2D eigenvalue weighted by Crippen LogP contribution is -2.14. The van der Waals surface area contributed by atoms with Gasteiger partial charge in [0.2, 0.25) is 0 Å². The normalized spacial score (nSPS) is 11.2. The molecular formula is C17H18ClN3O. The van der Waals surface area contributed by atoms with Gasteiger partial charge in [-0.25, -0.2) is 0 Å². The molecule has 0 aliphatic heterocycles. The number of hydrogen-bond acceptors (Lipinski definition) is 2. The minimum absolute atomic E-state index is 0. The Bertz CT molecular complexity index is 762. The molecule has 1 aromatic heterocycles. The Kier molecular flexibility index (Phi) is 5.07. The van der Waals surface area contributed by atoms with Gasteiger partial charge in [0, 0.05) is 10.9 Å². The SMILES string of the molecule is COc1cccc(CN=C(N)c2cc3ccccc3[nH]2)c1.Cl. The Labute approximate surface area is 135 Å². The summed E-state index contributed by atoms with van der Waals surface area (Å²) in [6, 6.07) is 17.9. The first kappa shape index (κ1) is 15.9. The second-order valence-corrected chi connectivity index (χ2v) is 4.82. The van der Waals surface area contributed by atoms with Crippen molar-refractivity contribution in [2.45, 2.75) is 6.54 Å². The van der Waals surface area contributed by atoms with Crippen molar-refractivity contribution in [3.63, 3.8) is 0 Å². The second-order valence-electron chi connectivity index (χ2n) is 4.82. The third-order valence-electron chi connectivity index (χ3n) is 3.37. The standard InChI is InChI=1S/C17H17N3O.ClH/c1-21-14-7-4-5-12(9-14)11-19-17(18)16-10-13-6-2-3-8-15(13)20-16;/h2-10,20H,11H2,1H3,(H2,18,19);1H. The van der Waals surface area contributed by atoms with Crippen molar-refractivity contribution in [2.24, 2.45) is 10.7 Å². The van der Waals surface area contributed by atoms with Gasteiger partial charge in [-0.15, -0.1) is 12.4 Å². The summed E-state index contributed by atoms with van der Waals surface area (Å²) in [6.45, 7) is 0.526. The lowest BCUT2D eigenvalue weighted by Gasteiger charge is -2.02. The van der Waals surface area contributed by atoms with Crippen molar-refractivity contribution >= 4 is 29.1 Å². The number of nitrogens with two attached hydrogens (primary N) is 1. The predicted octanol–water partition coefficient (Wildman–Crippen LogP) is 3.50. The molecule has 0 bridgehead atoms. The molecule has 3 N–H and O–H groups in total. The summed E-state index contributed by atoms with van der Waals surface area (Å²) in [5, 5.41) is 1.13. The fraction of sp³-hybridized carbons (Fsp3) is 0.118. The highest BCUT2D eigenvalue weighted by atomic mass is 35.5. The van der Waals surface area contributed by atoms with E-state index in [0.29, 0.717) is 12.4 Å². The monoisotopic (exact) mass is 315 g/mol. The van der Waals surface area contributed by atoms with E-state index >= 15 is 0 Å². The number of hydrogen-bond donors (Lipinski definition) is 2. The summed E-state index contributed by atoms with van der Waals surface area (Å²) in [5.41, 5.74) is 9.04. The van der Waals surface area contributed by atoms with Crippen molar-refractivity contribution in [1.82, 2.24) is 4.98 Å². The van der Waals surface area contributed by atoms with Crippen molar-refractivity contribution in [3.05, 3.63) is 65.9 Å². The molecule has 3 aromatic rings. The first-order valence-corrected chi connectivity index (χ1v) is 6.77. The fourth-order valence-electron chi connectivity index (χ4n) is 2.24. The molecule has 0 spiro atoms. The number of fused-ring (bicyclic) bond motifs is 1. The van der Waals surface area contributed by atoms with Gasteiger partial charge < -0.3 is 15.5 Å². The van der Waals surface area contributed by atoms with Crippen molar-refractivity contribution in [3.8, 4) is 5.75 Å². The van der Waals surface area contributed by atoms with Crippen LogP contribution in [0.4, 0.5) is 0 Å². The number of nitrogens with zero attached hydrogens (tertiary/aromatic N) is 1. The minimum Gasteiger partial charge on any atom is -0.497 e. The van der Waals surface area contributed by atoms with E-state index in [1.165, 1.54) is 0 Å². The predicted molar refractivity (Wildman–Crippen MR) is 93.0 cm³/mol. The van der Waals surface area contributed by atoms with Gasteiger partial charge in [0.25, 0.3) is 0 Å². The van der Waals surface area contributed by atoms with Crippen LogP contribution in [-0.4, -0.2) is 17.9 Å². The molecular weight excluding hydrogens is 298 g/mol. The maximum Gasteiger partial charge on any atom is 0.142 e. The van der Waals surface area contributed by atoms with Crippen LogP contribution in [0.1, 0.15) is 11.3 Å². The first-order valence-electron chi connectivity index (χ1n) is 6.77. The number of aliphatic imine (C=N–C) groups is 1. The number of nitrogens with one attached hydrogen (secondary N) is 1. The highest BCUT2D eigenvalue weighted by Crippen LogP contribution is 2.16. The summed E-state index contributed by atoms with van der Waals surface area (Å²) in [7, 11) is 1.65. The Morgan fingerprint density at radius 3 is 2.73 bits per heavy atom. The molecule has 2 aromatic carbocycles. The number of benzene rings is 2. The number of aromatic amines is 1. The molecule has 5 heteroatoms. The number of halogens is 1. The molecule has 0 saturated heterocycles. The molecule has 3 rings (SSSR count). The highest BCUT2D eigenvalue weighted by Gasteiger charge is 2.03. The molecule has 0 radical (unpaired) electrons. The van der Waals surface area contributed by atoms with Crippen LogP contribution >= 0.6 is 12.4 Å². The largest absolute Gasteiger partial charge is 0.497 e. The van der Waals surface area contributed by atoms with Crippen molar-refractivity contribution in [1.29, 1.82) is 0 Å². The lowest BCUT2D eigenvalue weighted by molar-refractivity contribution is 0.414. The van der Waals surface area contributed by atoms with E-state index < -0.39 is 0 Å². The zero-order chi connectivity index (χ0) is 14.7. The molecule has 22 heavy (non-hydrogen) atoms. The van der Waals surface area contributed by atoms with Crippen LogP contribution in [0, 0.1) is 0 Å². The molecule has 0 atom stereocenters. The van der Waals surface area contributed by atoms with E-state index in [1.54, 1.807) is 7.11 Å². The number of H-pyrrole nitrogens is 1. The number of ether oxygens (including phenoxy) is 1. The van der Waals surface area contributed by atoms with Crippen LogP contribution in [-0.2, 0) is 6.54 Å². The molecule has 0 fully saturated rings. The number of para-hydroxylation sites is 1. The number of aromatic nitrogens is 1. The molecule has 1 heterocycles. The van der Waals surface area contributed by atoms with Crippen molar-refractivity contribution < 1.29 is 4.74 Å². The quantitative estimate of drug-likeness (QED) is 0.571. The zero-order valence-electron chi connectivity index (χ0n) is 12.2. The number of amidine groups is 1. The summed E-state index contributed by atoms with van der Waals surface area (Å²) in [6.07, 6.45) is 0. The maximum absolute atomic E-state index is 6.06. The highest BCUT2D eigenvalue weighted by molar-refractivity contribution is 6.00. The van der Waals surface area contributed by atoms with Crippen LogP contribution in [0.2, 0.25) is 0 Å². The van der Waals surface area contributed by atoms with Gasteiger partial charge in [-0.3, -0.25) is 4.99 Å². The molecule has 0 saturated carbocycles. The Morgan fingerprint density at radius 2 is 1.95 bits per heavy atom. The van der Waals surface area contributed by atoms with E-state index in [2.05, 4.69) is 9.98 Å². The van der Waals surface area contributed by atoms with Crippen LogP contribution in [0.25, 0.3) is 10.9 Å². The molecule has 0 aliphatic rings. The fourth-order valence-corrected chi connectivity index (χ4v) is 2.24. The van der Waals surface area contributed by atoms with E-state index in [4.69, 9.17) is 10.5 Å². The third kappa shape index (κ3) is 3.40. The zero-order valence-corrected chi connectivity index (χ0v) is 13.1. The van der Waals surface area contributed by atoms with E-state index in [0.717, 1.165) is 27.9 Å². The van der Waals surface area contributed by atoms with Gasteiger partial charge in [-0.1, -0.05) is 30.3 Å². The summed E-state index contributed by atoms with van der Waals surface area (Å²) in [4.78, 5) is 7.72. The average molecular weight is 316 g/mol. The average Bonchev–Trinajstić information content (AvgIpc) is 2.97. The van der Waals surface area contributed by atoms with E-state index in [1.807, 2.05) is 54.6 Å². The summed E-state index contributed by atoms with van der Waals surface area (Å²) in [5.74, 6) is 1.33.